The number of carbonyl (C=O) groups is 2. The van der Waals surface area contributed by atoms with Crippen LogP contribution in [-0.4, -0.2) is 32.3 Å². The minimum atomic E-state index is -0.407. The SMILES string of the molecule is CCOC(=O)c1ccc(CCC(=O)OC)cc1OCC. The maximum absolute atomic E-state index is 11.8. The fourth-order valence-electron chi connectivity index (χ4n) is 1.72. The summed E-state index contributed by atoms with van der Waals surface area (Å²) < 4.78 is 15.0. The van der Waals surface area contributed by atoms with E-state index in [4.69, 9.17) is 9.47 Å². The van der Waals surface area contributed by atoms with Gasteiger partial charge in [-0.15, -0.1) is 0 Å². The molecule has 0 aliphatic heterocycles. The van der Waals surface area contributed by atoms with Crippen LogP contribution < -0.4 is 4.74 Å². The second kappa shape index (κ2) is 8.19. The molecule has 5 heteroatoms. The van der Waals surface area contributed by atoms with Crippen LogP contribution in [0.2, 0.25) is 0 Å². The van der Waals surface area contributed by atoms with Crippen LogP contribution in [-0.2, 0) is 20.7 Å². The third kappa shape index (κ3) is 4.57. The van der Waals surface area contributed by atoms with Crippen molar-refractivity contribution in [2.24, 2.45) is 0 Å². The molecule has 0 saturated carbocycles. The lowest BCUT2D eigenvalue weighted by atomic mass is 10.1. The van der Waals surface area contributed by atoms with Crippen LogP contribution in [0.1, 0.15) is 36.2 Å². The summed E-state index contributed by atoms with van der Waals surface area (Å²) in [7, 11) is 1.36. The lowest BCUT2D eigenvalue weighted by Gasteiger charge is -2.11. The molecule has 0 N–H and O–H groups in total. The van der Waals surface area contributed by atoms with Crippen molar-refractivity contribution >= 4 is 11.9 Å². The van der Waals surface area contributed by atoms with Gasteiger partial charge in [0, 0.05) is 6.42 Å². The highest BCUT2D eigenvalue weighted by molar-refractivity contribution is 5.92. The fourth-order valence-corrected chi connectivity index (χ4v) is 1.72. The highest BCUT2D eigenvalue weighted by atomic mass is 16.5. The molecule has 0 aliphatic carbocycles. The van der Waals surface area contributed by atoms with Gasteiger partial charge in [-0.3, -0.25) is 4.79 Å². The van der Waals surface area contributed by atoms with Crippen molar-refractivity contribution in [3.8, 4) is 5.75 Å². The smallest absolute Gasteiger partial charge is 0.341 e. The van der Waals surface area contributed by atoms with E-state index >= 15 is 0 Å². The molecule has 1 aromatic carbocycles. The van der Waals surface area contributed by atoms with Gasteiger partial charge in [0.2, 0.25) is 0 Å². The summed E-state index contributed by atoms with van der Waals surface area (Å²) in [5.74, 6) is -0.193. The van der Waals surface area contributed by atoms with Crippen molar-refractivity contribution in [3.05, 3.63) is 29.3 Å². The monoisotopic (exact) mass is 280 g/mol. The third-order valence-corrected chi connectivity index (χ3v) is 2.69. The molecule has 0 aliphatic rings. The van der Waals surface area contributed by atoms with Crippen molar-refractivity contribution in [1.82, 2.24) is 0 Å². The van der Waals surface area contributed by atoms with Gasteiger partial charge in [-0.25, -0.2) is 4.79 Å². The van der Waals surface area contributed by atoms with E-state index in [2.05, 4.69) is 4.74 Å². The first-order valence-corrected chi connectivity index (χ1v) is 6.62. The van der Waals surface area contributed by atoms with E-state index < -0.39 is 5.97 Å². The zero-order valence-corrected chi connectivity index (χ0v) is 12.1. The normalized spacial score (nSPS) is 9.95. The van der Waals surface area contributed by atoms with Crippen molar-refractivity contribution in [3.63, 3.8) is 0 Å². The van der Waals surface area contributed by atoms with Crippen LogP contribution in [0, 0.1) is 0 Å². The van der Waals surface area contributed by atoms with Gasteiger partial charge in [0.05, 0.1) is 20.3 Å². The zero-order chi connectivity index (χ0) is 15.0. The first-order valence-electron chi connectivity index (χ1n) is 6.62. The van der Waals surface area contributed by atoms with Crippen LogP contribution in [0.5, 0.6) is 5.75 Å². The molecule has 5 nitrogen and oxygen atoms in total. The predicted octanol–water partition coefficient (Wildman–Crippen LogP) is 2.37. The first-order chi connectivity index (χ1) is 9.62. The number of carbonyl (C=O) groups excluding carboxylic acids is 2. The van der Waals surface area contributed by atoms with Gasteiger partial charge in [-0.2, -0.15) is 0 Å². The van der Waals surface area contributed by atoms with Crippen LogP contribution in [0.4, 0.5) is 0 Å². The lowest BCUT2D eigenvalue weighted by molar-refractivity contribution is -0.140. The Kier molecular flexibility index (Phi) is 6.56. The van der Waals surface area contributed by atoms with Crippen LogP contribution in [0.3, 0.4) is 0 Å². The Morgan fingerprint density at radius 2 is 1.90 bits per heavy atom. The topological polar surface area (TPSA) is 61.8 Å². The van der Waals surface area contributed by atoms with Gasteiger partial charge in [0.15, 0.2) is 0 Å². The molecule has 0 radical (unpaired) electrons. The maximum atomic E-state index is 11.8. The van der Waals surface area contributed by atoms with E-state index in [-0.39, 0.29) is 5.97 Å². The summed E-state index contributed by atoms with van der Waals surface area (Å²) in [4.78, 5) is 22.9. The second-order valence-electron chi connectivity index (χ2n) is 4.06. The van der Waals surface area contributed by atoms with Crippen molar-refractivity contribution in [1.29, 1.82) is 0 Å². The van der Waals surface area contributed by atoms with Crippen molar-refractivity contribution in [2.75, 3.05) is 20.3 Å². The Hall–Kier alpha value is -2.04. The molecule has 0 fully saturated rings. The van der Waals surface area contributed by atoms with E-state index in [1.54, 1.807) is 25.1 Å². The summed E-state index contributed by atoms with van der Waals surface area (Å²) in [6, 6.07) is 5.21. The predicted molar refractivity (Wildman–Crippen MR) is 73.9 cm³/mol. The molecule has 0 bridgehead atoms. The van der Waals surface area contributed by atoms with E-state index in [1.807, 2.05) is 6.92 Å². The number of rotatable bonds is 7. The molecule has 0 saturated heterocycles. The summed E-state index contributed by atoms with van der Waals surface area (Å²) in [5.41, 5.74) is 1.31. The molecular weight excluding hydrogens is 260 g/mol. The molecule has 0 spiro atoms. The Bertz CT molecular complexity index is 467. The van der Waals surface area contributed by atoms with Crippen LogP contribution in [0.25, 0.3) is 0 Å². The Morgan fingerprint density at radius 1 is 1.15 bits per heavy atom. The molecule has 20 heavy (non-hydrogen) atoms. The molecule has 0 aromatic heterocycles. The maximum Gasteiger partial charge on any atom is 0.341 e. The quantitative estimate of drug-likeness (QED) is 0.717. The number of ether oxygens (including phenoxy) is 3. The minimum absolute atomic E-state index is 0.266. The number of esters is 2. The Balaban J connectivity index is 2.88. The fraction of sp³-hybridized carbons (Fsp3) is 0.467. The third-order valence-electron chi connectivity index (χ3n) is 2.69. The zero-order valence-electron chi connectivity index (χ0n) is 12.1. The van der Waals surface area contributed by atoms with Crippen LogP contribution in [0.15, 0.2) is 18.2 Å². The number of hydrogen-bond donors (Lipinski definition) is 0. The summed E-state index contributed by atoms with van der Waals surface area (Å²) in [5, 5.41) is 0. The first kappa shape index (κ1) is 16.0. The number of benzene rings is 1. The number of aryl methyl sites for hydroxylation is 1. The van der Waals surface area contributed by atoms with Crippen molar-refractivity contribution < 1.29 is 23.8 Å². The van der Waals surface area contributed by atoms with E-state index in [9.17, 15) is 9.59 Å². The van der Waals surface area contributed by atoms with Gasteiger partial charge < -0.3 is 14.2 Å². The second-order valence-corrected chi connectivity index (χ2v) is 4.06. The number of hydrogen-bond acceptors (Lipinski definition) is 5. The molecule has 0 amide bonds. The van der Waals surface area contributed by atoms with Gasteiger partial charge in [0.1, 0.15) is 11.3 Å². The summed E-state index contributed by atoms with van der Waals surface area (Å²) in [6.07, 6.45) is 0.830. The van der Waals surface area contributed by atoms with Gasteiger partial charge >= 0.3 is 11.9 Å². The van der Waals surface area contributed by atoms with E-state index in [0.29, 0.717) is 37.4 Å². The Morgan fingerprint density at radius 3 is 2.50 bits per heavy atom. The highest BCUT2D eigenvalue weighted by Crippen LogP contribution is 2.22. The van der Waals surface area contributed by atoms with Gasteiger partial charge in [0.25, 0.3) is 0 Å². The lowest BCUT2D eigenvalue weighted by Crippen LogP contribution is -2.09. The average molecular weight is 280 g/mol. The van der Waals surface area contributed by atoms with Gasteiger partial charge in [-0.1, -0.05) is 6.07 Å². The molecule has 110 valence electrons. The van der Waals surface area contributed by atoms with Crippen LogP contribution >= 0.6 is 0 Å². The largest absolute Gasteiger partial charge is 0.493 e. The molecular formula is C15H20O5. The van der Waals surface area contributed by atoms with E-state index in [0.717, 1.165) is 5.56 Å². The molecule has 1 rings (SSSR count). The average Bonchev–Trinajstić information content (AvgIpc) is 2.45. The molecule has 0 heterocycles. The molecule has 1 aromatic rings. The van der Waals surface area contributed by atoms with Gasteiger partial charge in [-0.05, 0) is 38.0 Å². The Labute approximate surface area is 118 Å². The summed E-state index contributed by atoms with van der Waals surface area (Å²) in [6.45, 7) is 4.36. The minimum Gasteiger partial charge on any atom is -0.493 e. The standard InChI is InChI=1S/C15H20O5/c1-4-19-13-10-11(7-9-14(16)18-3)6-8-12(13)15(17)20-5-2/h6,8,10H,4-5,7,9H2,1-3H3. The molecule has 0 atom stereocenters. The number of methoxy groups -OCH3 is 1. The highest BCUT2D eigenvalue weighted by Gasteiger charge is 2.14. The summed E-state index contributed by atoms with van der Waals surface area (Å²) >= 11 is 0. The van der Waals surface area contributed by atoms with E-state index in [1.165, 1.54) is 7.11 Å². The molecule has 0 unspecified atom stereocenters. The van der Waals surface area contributed by atoms with Crippen molar-refractivity contribution in [2.45, 2.75) is 26.7 Å².